The summed E-state index contributed by atoms with van der Waals surface area (Å²) in [5.74, 6) is 0. The summed E-state index contributed by atoms with van der Waals surface area (Å²) in [6.07, 6.45) is 3.46. The summed E-state index contributed by atoms with van der Waals surface area (Å²) in [5, 5.41) is -0.297. The van der Waals surface area contributed by atoms with Gasteiger partial charge in [0, 0.05) is 13.1 Å². The van der Waals surface area contributed by atoms with Crippen LogP contribution in [0.2, 0.25) is 0 Å². The number of hydrogen-bond donors (Lipinski definition) is 0. The molecule has 0 radical (unpaired) electrons. The van der Waals surface area contributed by atoms with Crippen LogP contribution in [-0.2, 0) is 0 Å². The second kappa shape index (κ2) is 6.47. The zero-order chi connectivity index (χ0) is 8.69. The Bertz CT molecular complexity index is 111. The topological polar surface area (TPSA) is 20.3 Å². The van der Waals surface area contributed by atoms with Gasteiger partial charge in [-0.3, -0.25) is 4.79 Å². The largest absolute Gasteiger partial charge is 0.329 e. The van der Waals surface area contributed by atoms with Crippen LogP contribution in [0.3, 0.4) is 0 Å². The van der Waals surface area contributed by atoms with E-state index in [1.807, 2.05) is 13.8 Å². The molecule has 0 N–H and O–H groups in total. The summed E-state index contributed by atoms with van der Waals surface area (Å²) in [6.45, 7) is 5.70. The Morgan fingerprint density at radius 2 is 1.64 bits per heavy atom. The van der Waals surface area contributed by atoms with Crippen LogP contribution in [0.5, 0.6) is 0 Å². The molecule has 0 atom stereocenters. The van der Waals surface area contributed by atoms with Gasteiger partial charge in [-0.1, -0.05) is 13.8 Å². The van der Waals surface area contributed by atoms with Crippen molar-refractivity contribution in [1.82, 2.24) is 4.90 Å². The highest BCUT2D eigenvalue weighted by atomic mass is 35.5. The first-order valence-electron chi connectivity index (χ1n) is 4.25. The molecule has 1 fully saturated rings. The fraction of sp³-hybridized carbons (Fsp3) is 0.875. The number of nitrogens with zero attached hydrogens (tertiary/aromatic N) is 1. The van der Waals surface area contributed by atoms with Crippen molar-refractivity contribution >= 4 is 17.0 Å². The van der Waals surface area contributed by atoms with E-state index in [-0.39, 0.29) is 5.37 Å². The van der Waals surface area contributed by atoms with E-state index in [1.54, 1.807) is 4.90 Å². The van der Waals surface area contributed by atoms with Gasteiger partial charge in [-0.05, 0) is 30.9 Å². The highest BCUT2D eigenvalue weighted by Gasteiger charge is 2.12. The normalized spacial score (nSPS) is 16.8. The molecule has 1 amide bonds. The van der Waals surface area contributed by atoms with Gasteiger partial charge in [0.25, 0.3) is 0 Å². The Hall–Kier alpha value is -0.240. The van der Waals surface area contributed by atoms with Crippen LogP contribution in [0.15, 0.2) is 0 Å². The number of hydrogen-bond acceptors (Lipinski definition) is 1. The number of rotatable bonds is 0. The Labute approximate surface area is 73.5 Å². The Kier molecular flexibility index (Phi) is 6.33. The predicted octanol–water partition coefficient (Wildman–Crippen LogP) is 2.86. The second-order valence-corrected chi connectivity index (χ2v) is 2.62. The van der Waals surface area contributed by atoms with Crippen LogP contribution < -0.4 is 0 Å². The lowest BCUT2D eigenvalue weighted by atomic mass is 10.1. The summed E-state index contributed by atoms with van der Waals surface area (Å²) in [6, 6.07) is 0. The fourth-order valence-corrected chi connectivity index (χ4v) is 1.24. The Balaban J connectivity index is 0.000000461. The third kappa shape index (κ3) is 4.25. The lowest BCUT2D eigenvalue weighted by Crippen LogP contribution is -2.31. The van der Waals surface area contributed by atoms with E-state index < -0.39 is 0 Å². The maximum absolute atomic E-state index is 10.5. The van der Waals surface area contributed by atoms with E-state index in [4.69, 9.17) is 11.6 Å². The number of halogens is 1. The van der Waals surface area contributed by atoms with E-state index in [9.17, 15) is 4.79 Å². The molecule has 0 unspecified atom stereocenters. The standard InChI is InChI=1S/C6H10ClNO.C2H6/c7-6(9)8-4-2-1-3-5-8;1-2/h1-5H2;1-2H3. The van der Waals surface area contributed by atoms with Crippen LogP contribution in [0.25, 0.3) is 0 Å². The third-order valence-corrected chi connectivity index (χ3v) is 1.84. The molecule has 0 aromatic heterocycles. The average Bonchev–Trinajstić information content (AvgIpc) is 2.10. The van der Waals surface area contributed by atoms with Crippen LogP contribution in [0, 0.1) is 0 Å². The van der Waals surface area contributed by atoms with Crippen molar-refractivity contribution in [1.29, 1.82) is 0 Å². The van der Waals surface area contributed by atoms with Gasteiger partial charge in [0.2, 0.25) is 0 Å². The van der Waals surface area contributed by atoms with Crippen LogP contribution in [-0.4, -0.2) is 23.4 Å². The predicted molar refractivity (Wildman–Crippen MR) is 48.0 cm³/mol. The van der Waals surface area contributed by atoms with Crippen molar-refractivity contribution in [3.8, 4) is 0 Å². The third-order valence-electron chi connectivity index (χ3n) is 1.60. The van der Waals surface area contributed by atoms with Gasteiger partial charge in [-0.25, -0.2) is 0 Å². The molecule has 1 saturated heterocycles. The highest BCUT2D eigenvalue weighted by molar-refractivity contribution is 6.62. The SMILES string of the molecule is CC.O=C(Cl)N1CCCCC1. The first-order valence-corrected chi connectivity index (χ1v) is 4.63. The fourth-order valence-electron chi connectivity index (χ4n) is 1.07. The molecule has 1 aliphatic rings. The van der Waals surface area contributed by atoms with Crippen LogP contribution >= 0.6 is 11.6 Å². The van der Waals surface area contributed by atoms with Gasteiger partial charge in [-0.15, -0.1) is 0 Å². The molecular formula is C8H16ClNO. The van der Waals surface area contributed by atoms with Gasteiger partial charge in [-0.2, -0.15) is 0 Å². The van der Waals surface area contributed by atoms with E-state index in [2.05, 4.69) is 0 Å². The van der Waals surface area contributed by atoms with Gasteiger partial charge in [0.05, 0.1) is 0 Å². The molecule has 0 spiro atoms. The van der Waals surface area contributed by atoms with E-state index >= 15 is 0 Å². The molecule has 1 aliphatic heterocycles. The summed E-state index contributed by atoms with van der Waals surface area (Å²) in [4.78, 5) is 12.2. The first kappa shape index (κ1) is 10.8. The zero-order valence-electron chi connectivity index (χ0n) is 7.27. The second-order valence-electron chi connectivity index (χ2n) is 2.30. The molecule has 0 bridgehead atoms. The van der Waals surface area contributed by atoms with Crippen molar-refractivity contribution < 1.29 is 4.79 Å². The van der Waals surface area contributed by atoms with Gasteiger partial charge in [0.1, 0.15) is 0 Å². The monoisotopic (exact) mass is 177 g/mol. The summed E-state index contributed by atoms with van der Waals surface area (Å²) >= 11 is 5.24. The van der Waals surface area contributed by atoms with Crippen molar-refractivity contribution in [3.63, 3.8) is 0 Å². The Morgan fingerprint density at radius 1 is 1.18 bits per heavy atom. The van der Waals surface area contributed by atoms with Crippen molar-refractivity contribution in [2.45, 2.75) is 33.1 Å². The van der Waals surface area contributed by atoms with E-state index in [1.165, 1.54) is 6.42 Å². The number of piperidine rings is 1. The lowest BCUT2D eigenvalue weighted by molar-refractivity contribution is 0.210. The van der Waals surface area contributed by atoms with Gasteiger partial charge < -0.3 is 4.90 Å². The average molecular weight is 178 g/mol. The number of amides is 1. The molecule has 1 heterocycles. The van der Waals surface area contributed by atoms with Crippen LogP contribution in [0.4, 0.5) is 4.79 Å². The molecule has 0 aliphatic carbocycles. The molecule has 2 nitrogen and oxygen atoms in total. The minimum Gasteiger partial charge on any atom is -0.329 e. The van der Waals surface area contributed by atoms with Crippen molar-refractivity contribution in [3.05, 3.63) is 0 Å². The lowest BCUT2D eigenvalue weighted by Gasteiger charge is -2.23. The van der Waals surface area contributed by atoms with Crippen molar-refractivity contribution in [2.24, 2.45) is 0 Å². The molecule has 1 rings (SSSR count). The van der Waals surface area contributed by atoms with Gasteiger partial charge in [0.15, 0.2) is 0 Å². The first-order chi connectivity index (χ1) is 5.30. The van der Waals surface area contributed by atoms with E-state index in [0.29, 0.717) is 0 Å². The molecule has 3 heteroatoms. The molecular weight excluding hydrogens is 162 g/mol. The quantitative estimate of drug-likeness (QED) is 0.412. The number of carbonyl (C=O) groups is 1. The van der Waals surface area contributed by atoms with Crippen molar-refractivity contribution in [2.75, 3.05) is 13.1 Å². The highest BCUT2D eigenvalue weighted by Crippen LogP contribution is 2.09. The molecule has 66 valence electrons. The van der Waals surface area contributed by atoms with E-state index in [0.717, 1.165) is 25.9 Å². The summed E-state index contributed by atoms with van der Waals surface area (Å²) < 4.78 is 0. The smallest absolute Gasteiger partial charge is 0.316 e. The number of carbonyl (C=O) groups excluding carboxylic acids is 1. The maximum Gasteiger partial charge on any atom is 0.316 e. The van der Waals surface area contributed by atoms with Crippen LogP contribution in [0.1, 0.15) is 33.1 Å². The summed E-state index contributed by atoms with van der Waals surface area (Å²) in [7, 11) is 0. The Morgan fingerprint density at radius 3 is 1.91 bits per heavy atom. The zero-order valence-corrected chi connectivity index (χ0v) is 8.02. The summed E-state index contributed by atoms with van der Waals surface area (Å²) in [5.41, 5.74) is 0. The molecule has 0 saturated carbocycles. The minimum absolute atomic E-state index is 0.297. The molecule has 0 aromatic rings. The minimum atomic E-state index is -0.297. The number of likely N-dealkylation sites (tertiary alicyclic amines) is 1. The van der Waals surface area contributed by atoms with Gasteiger partial charge >= 0.3 is 5.37 Å². The molecule has 11 heavy (non-hydrogen) atoms. The molecule has 0 aromatic carbocycles. The maximum atomic E-state index is 10.5.